The smallest absolute Gasteiger partial charge is 0.423 e. The Morgan fingerprint density at radius 3 is 2.72 bits per heavy atom. The minimum absolute atomic E-state index is 0.154. The van der Waals surface area contributed by atoms with Gasteiger partial charge in [0.2, 0.25) is 0 Å². The third-order valence-corrected chi connectivity index (χ3v) is 6.26. The van der Waals surface area contributed by atoms with E-state index in [1.54, 1.807) is 0 Å². The van der Waals surface area contributed by atoms with Crippen LogP contribution in [0.25, 0.3) is 0 Å². The van der Waals surface area contributed by atoms with Crippen LogP contribution >= 0.6 is 0 Å². The van der Waals surface area contributed by atoms with Crippen LogP contribution in [-0.4, -0.2) is 17.9 Å². The molecule has 0 aromatic heterocycles. The lowest BCUT2D eigenvalue weighted by Crippen LogP contribution is -2.54. The molecular weight excluding hydrogens is 312 g/mol. The van der Waals surface area contributed by atoms with Gasteiger partial charge in [-0.15, -0.1) is 13.2 Å². The molecule has 3 atom stereocenters. The summed E-state index contributed by atoms with van der Waals surface area (Å²) < 4.78 is 11.8. The molecule has 2 rings (SSSR count). The SMILES string of the molecule is C=CCC(C)(C)[C@]1(CCCC)OC(=O)O[C@H]1C1=CCCC[C@@]1(C)C=C. The number of carbonyl (C=O) groups is 1. The van der Waals surface area contributed by atoms with Crippen LogP contribution < -0.4 is 0 Å². The molecule has 0 spiro atoms. The average molecular weight is 347 g/mol. The molecular formula is C22H34O3. The zero-order chi connectivity index (χ0) is 18.7. The molecule has 1 heterocycles. The first-order valence-electron chi connectivity index (χ1n) is 9.61. The normalized spacial score (nSPS) is 32.6. The maximum absolute atomic E-state index is 12.3. The third-order valence-electron chi connectivity index (χ3n) is 6.26. The van der Waals surface area contributed by atoms with E-state index in [9.17, 15) is 4.79 Å². The van der Waals surface area contributed by atoms with E-state index in [0.717, 1.165) is 50.5 Å². The first-order chi connectivity index (χ1) is 11.8. The van der Waals surface area contributed by atoms with Gasteiger partial charge in [0.25, 0.3) is 0 Å². The summed E-state index contributed by atoms with van der Waals surface area (Å²) in [4.78, 5) is 12.3. The van der Waals surface area contributed by atoms with E-state index in [4.69, 9.17) is 9.47 Å². The van der Waals surface area contributed by atoms with Crippen molar-refractivity contribution >= 4 is 6.16 Å². The Labute approximate surface area is 153 Å². The van der Waals surface area contributed by atoms with E-state index in [0.29, 0.717) is 0 Å². The molecule has 1 aliphatic heterocycles. The Balaban J connectivity index is 2.55. The number of rotatable bonds is 8. The van der Waals surface area contributed by atoms with Crippen molar-refractivity contribution in [2.45, 2.75) is 84.3 Å². The lowest BCUT2D eigenvalue weighted by Gasteiger charge is -2.47. The van der Waals surface area contributed by atoms with Gasteiger partial charge in [-0.05, 0) is 44.1 Å². The van der Waals surface area contributed by atoms with Gasteiger partial charge >= 0.3 is 6.16 Å². The zero-order valence-corrected chi connectivity index (χ0v) is 16.4. The van der Waals surface area contributed by atoms with Crippen LogP contribution in [0.5, 0.6) is 0 Å². The van der Waals surface area contributed by atoms with Gasteiger partial charge in [-0.2, -0.15) is 0 Å². The molecule has 0 radical (unpaired) electrons. The van der Waals surface area contributed by atoms with Crippen molar-refractivity contribution in [2.24, 2.45) is 10.8 Å². The van der Waals surface area contributed by atoms with Crippen LogP contribution in [0.1, 0.15) is 72.6 Å². The minimum Gasteiger partial charge on any atom is -0.423 e. The van der Waals surface area contributed by atoms with Gasteiger partial charge < -0.3 is 9.47 Å². The molecule has 0 unspecified atom stereocenters. The molecule has 0 aromatic rings. The van der Waals surface area contributed by atoms with Gasteiger partial charge in [0.05, 0.1) is 0 Å². The second-order valence-electron chi connectivity index (χ2n) is 8.39. The number of carbonyl (C=O) groups excluding carboxylic acids is 1. The fraction of sp³-hybridized carbons (Fsp3) is 0.682. The van der Waals surface area contributed by atoms with Crippen molar-refractivity contribution in [1.29, 1.82) is 0 Å². The van der Waals surface area contributed by atoms with Gasteiger partial charge in [-0.3, -0.25) is 0 Å². The fourth-order valence-corrected chi connectivity index (χ4v) is 4.45. The average Bonchev–Trinajstić information content (AvgIpc) is 2.91. The fourth-order valence-electron chi connectivity index (χ4n) is 4.45. The van der Waals surface area contributed by atoms with Gasteiger partial charge in [-0.25, -0.2) is 4.79 Å². The summed E-state index contributed by atoms with van der Waals surface area (Å²) in [7, 11) is 0. The van der Waals surface area contributed by atoms with Crippen LogP contribution in [-0.2, 0) is 9.47 Å². The van der Waals surface area contributed by atoms with Gasteiger partial charge in [0, 0.05) is 10.8 Å². The highest BCUT2D eigenvalue weighted by molar-refractivity contribution is 5.65. The van der Waals surface area contributed by atoms with E-state index in [1.165, 1.54) is 0 Å². The maximum Gasteiger partial charge on any atom is 0.509 e. The Morgan fingerprint density at radius 1 is 1.40 bits per heavy atom. The van der Waals surface area contributed by atoms with Crippen molar-refractivity contribution < 1.29 is 14.3 Å². The molecule has 1 fully saturated rings. The molecule has 1 saturated heterocycles. The molecule has 0 bridgehead atoms. The number of hydrogen-bond donors (Lipinski definition) is 0. The highest BCUT2D eigenvalue weighted by atomic mass is 16.8. The first-order valence-corrected chi connectivity index (χ1v) is 9.61. The first kappa shape index (κ1) is 19.8. The van der Waals surface area contributed by atoms with Crippen LogP contribution in [0.3, 0.4) is 0 Å². The van der Waals surface area contributed by atoms with Crippen LogP contribution in [0.4, 0.5) is 4.79 Å². The minimum atomic E-state index is -0.665. The molecule has 0 aromatic carbocycles. The topological polar surface area (TPSA) is 35.5 Å². The number of hydrogen-bond acceptors (Lipinski definition) is 3. The molecule has 0 saturated carbocycles. The second-order valence-corrected chi connectivity index (χ2v) is 8.39. The number of cyclic esters (lactones) is 2. The maximum atomic E-state index is 12.3. The Bertz CT molecular complexity index is 560. The molecule has 0 amide bonds. The van der Waals surface area contributed by atoms with Crippen molar-refractivity contribution in [3.8, 4) is 0 Å². The van der Waals surface area contributed by atoms with Crippen molar-refractivity contribution in [3.63, 3.8) is 0 Å². The molecule has 0 N–H and O–H groups in total. The molecule has 3 heteroatoms. The largest absolute Gasteiger partial charge is 0.509 e. The number of allylic oxidation sites excluding steroid dienone is 3. The van der Waals surface area contributed by atoms with E-state index < -0.39 is 11.8 Å². The van der Waals surface area contributed by atoms with E-state index in [-0.39, 0.29) is 16.9 Å². The van der Waals surface area contributed by atoms with Crippen molar-refractivity contribution in [3.05, 3.63) is 37.0 Å². The van der Waals surface area contributed by atoms with Gasteiger partial charge in [0.15, 0.2) is 11.7 Å². The Kier molecular flexibility index (Phi) is 5.86. The van der Waals surface area contributed by atoms with E-state index in [1.807, 2.05) is 12.2 Å². The Morgan fingerprint density at radius 2 is 2.12 bits per heavy atom. The molecule has 1 aliphatic carbocycles. The summed E-state index contributed by atoms with van der Waals surface area (Å²) in [5, 5.41) is 0. The molecule has 140 valence electrons. The van der Waals surface area contributed by atoms with Crippen molar-refractivity contribution in [1.82, 2.24) is 0 Å². The van der Waals surface area contributed by atoms with Crippen molar-refractivity contribution in [2.75, 3.05) is 0 Å². The summed E-state index contributed by atoms with van der Waals surface area (Å²) >= 11 is 0. The summed E-state index contributed by atoms with van der Waals surface area (Å²) in [6.07, 6.45) is 12.1. The molecule has 2 aliphatic rings. The monoisotopic (exact) mass is 346 g/mol. The summed E-state index contributed by atoms with van der Waals surface area (Å²) in [5.41, 5.74) is 0.0782. The third kappa shape index (κ3) is 3.43. The summed E-state index contributed by atoms with van der Waals surface area (Å²) in [5.74, 6) is 0. The van der Waals surface area contributed by atoms with Crippen LogP contribution in [0.15, 0.2) is 37.0 Å². The van der Waals surface area contributed by atoms with E-state index >= 15 is 0 Å². The van der Waals surface area contributed by atoms with E-state index in [2.05, 4.69) is 46.9 Å². The quantitative estimate of drug-likeness (QED) is 0.379. The highest BCUT2D eigenvalue weighted by Crippen LogP contribution is 2.54. The number of ether oxygens (including phenoxy) is 2. The number of unbranched alkanes of at least 4 members (excludes halogenated alkanes) is 1. The second kappa shape index (κ2) is 7.39. The highest BCUT2D eigenvalue weighted by Gasteiger charge is 2.61. The predicted molar refractivity (Wildman–Crippen MR) is 102 cm³/mol. The van der Waals surface area contributed by atoms with Crippen LogP contribution in [0, 0.1) is 10.8 Å². The molecule has 3 nitrogen and oxygen atoms in total. The van der Waals surface area contributed by atoms with Crippen LogP contribution in [0.2, 0.25) is 0 Å². The van der Waals surface area contributed by atoms with Gasteiger partial charge in [-0.1, -0.05) is 52.3 Å². The lowest BCUT2D eigenvalue weighted by molar-refractivity contribution is -0.0723. The lowest BCUT2D eigenvalue weighted by atomic mass is 9.61. The Hall–Kier alpha value is -1.51. The summed E-state index contributed by atoms with van der Waals surface area (Å²) in [6.45, 7) is 16.7. The zero-order valence-electron chi connectivity index (χ0n) is 16.4. The molecule has 25 heavy (non-hydrogen) atoms. The standard InChI is InChI=1S/C22H34O3/c1-7-10-16-22(20(4,5)14-8-2)18(24-19(23)25-22)17-13-11-12-15-21(17,6)9-3/h8-9,13,18H,2-3,7,10-12,14-16H2,1,4-6H3/t18-,21+,22+/m0/s1. The summed E-state index contributed by atoms with van der Waals surface area (Å²) in [6, 6.07) is 0. The predicted octanol–water partition coefficient (Wildman–Crippen LogP) is 6.36. The van der Waals surface area contributed by atoms with Gasteiger partial charge in [0.1, 0.15) is 0 Å².